The molecule has 1 heterocycles. The number of nitrogens with zero attached hydrogens (tertiary/aromatic N) is 2. The summed E-state index contributed by atoms with van der Waals surface area (Å²) in [7, 11) is 1.90. The average Bonchev–Trinajstić information content (AvgIpc) is 2.54. The summed E-state index contributed by atoms with van der Waals surface area (Å²) in [5.41, 5.74) is 0.321. The average molecular weight is 344 g/mol. The molecule has 1 saturated heterocycles. The monoisotopic (exact) mass is 344 g/mol. The van der Waals surface area contributed by atoms with Crippen molar-refractivity contribution in [3.05, 3.63) is 47.8 Å². The molecule has 0 bridgehead atoms. The minimum Gasteiger partial charge on any atom is -0.369 e. The number of amides is 1. The molecule has 0 radical (unpaired) electrons. The first kappa shape index (κ1) is 19.2. The number of rotatable bonds is 5. The quantitative estimate of drug-likeness (QED) is 0.608. The minimum absolute atomic E-state index is 0.0798. The Morgan fingerprint density at radius 2 is 2.32 bits per heavy atom. The Kier molecular flexibility index (Phi) is 6.35. The number of morpholine rings is 1. The third-order valence-corrected chi connectivity index (χ3v) is 4.24. The highest BCUT2D eigenvalue weighted by molar-refractivity contribution is 5.88. The van der Waals surface area contributed by atoms with Gasteiger partial charge in [-0.2, -0.15) is 0 Å². The van der Waals surface area contributed by atoms with Crippen LogP contribution in [0.15, 0.2) is 36.4 Å². The highest BCUT2D eigenvalue weighted by Crippen LogP contribution is 2.30. The molecule has 1 unspecified atom stereocenters. The fourth-order valence-corrected chi connectivity index (χ4v) is 2.79. The molecule has 4 nitrogen and oxygen atoms in total. The van der Waals surface area contributed by atoms with Crippen molar-refractivity contribution in [2.45, 2.75) is 25.5 Å². The molecule has 0 saturated carbocycles. The van der Waals surface area contributed by atoms with E-state index in [2.05, 4.69) is 5.92 Å². The van der Waals surface area contributed by atoms with E-state index in [1.807, 2.05) is 37.9 Å². The number of likely N-dealkylation sites (N-methyl/N-ethyl adjacent to an activating group) is 1. The molecule has 0 N–H and O–H groups in total. The van der Waals surface area contributed by atoms with Crippen LogP contribution in [0.4, 0.5) is 4.39 Å². The topological polar surface area (TPSA) is 32.8 Å². The van der Waals surface area contributed by atoms with Crippen LogP contribution >= 0.6 is 0 Å². The minimum atomic E-state index is -0.421. The maximum absolute atomic E-state index is 13.5. The lowest BCUT2D eigenvalue weighted by Gasteiger charge is -2.45. The zero-order chi connectivity index (χ0) is 18.4. The summed E-state index contributed by atoms with van der Waals surface area (Å²) in [6.45, 7) is 5.85. The molecule has 0 aromatic heterocycles. The Labute approximate surface area is 149 Å². The highest BCUT2D eigenvalue weighted by Gasteiger charge is 2.37. The SMILES string of the molecule is C#CCN(C)C/C=C/C(=O)N1CC(c2cccc(F)c2)OCC1(C)C. The maximum atomic E-state index is 13.5. The fraction of sp³-hybridized carbons (Fsp3) is 0.450. The number of hydrogen-bond acceptors (Lipinski definition) is 3. The lowest BCUT2D eigenvalue weighted by Crippen LogP contribution is -2.55. The van der Waals surface area contributed by atoms with Crippen molar-refractivity contribution in [2.75, 3.05) is 33.3 Å². The molecule has 134 valence electrons. The molecule has 1 amide bonds. The van der Waals surface area contributed by atoms with Gasteiger partial charge in [-0.05, 0) is 38.6 Å². The van der Waals surface area contributed by atoms with E-state index in [1.54, 1.807) is 17.0 Å². The Hall–Kier alpha value is -2.16. The maximum Gasteiger partial charge on any atom is 0.246 e. The van der Waals surface area contributed by atoms with E-state index >= 15 is 0 Å². The van der Waals surface area contributed by atoms with Crippen molar-refractivity contribution in [1.29, 1.82) is 0 Å². The standard InChI is InChI=1S/C20H25FN2O2/c1-5-11-22(4)12-7-10-19(24)23-14-18(25-15-20(23,2)3)16-8-6-9-17(21)13-16/h1,6-10,13,18H,11-12,14-15H2,2-4H3/b10-7+. The van der Waals surface area contributed by atoms with E-state index in [0.717, 1.165) is 5.56 Å². The third-order valence-electron chi connectivity index (χ3n) is 4.24. The third kappa shape index (κ3) is 5.15. The molecule has 0 spiro atoms. The molecule has 1 aliphatic rings. The van der Waals surface area contributed by atoms with Crippen molar-refractivity contribution in [2.24, 2.45) is 0 Å². The van der Waals surface area contributed by atoms with Gasteiger partial charge in [0.05, 0.1) is 25.2 Å². The molecule has 5 heteroatoms. The van der Waals surface area contributed by atoms with Gasteiger partial charge in [0.1, 0.15) is 11.9 Å². The number of carbonyl (C=O) groups excluding carboxylic acids is 1. The summed E-state index contributed by atoms with van der Waals surface area (Å²) >= 11 is 0. The molecule has 0 aliphatic carbocycles. The number of ether oxygens (including phenoxy) is 1. The van der Waals surface area contributed by atoms with E-state index in [-0.39, 0.29) is 17.8 Å². The Morgan fingerprint density at radius 1 is 1.56 bits per heavy atom. The second-order valence-corrected chi connectivity index (χ2v) is 6.92. The summed E-state index contributed by atoms with van der Waals surface area (Å²) in [5, 5.41) is 0. The van der Waals surface area contributed by atoms with E-state index in [0.29, 0.717) is 26.2 Å². The number of terminal acetylenes is 1. The van der Waals surface area contributed by atoms with Crippen LogP contribution in [0.1, 0.15) is 25.5 Å². The first-order chi connectivity index (χ1) is 11.8. The smallest absolute Gasteiger partial charge is 0.246 e. The first-order valence-electron chi connectivity index (χ1n) is 8.30. The van der Waals surface area contributed by atoms with E-state index in [1.165, 1.54) is 12.1 Å². The van der Waals surface area contributed by atoms with Crippen LogP contribution in [0.3, 0.4) is 0 Å². The summed E-state index contributed by atoms with van der Waals surface area (Å²) in [6.07, 6.45) is 8.31. The van der Waals surface area contributed by atoms with E-state index < -0.39 is 5.54 Å². The number of benzene rings is 1. The predicted molar refractivity (Wildman–Crippen MR) is 96.4 cm³/mol. The first-order valence-corrected chi connectivity index (χ1v) is 8.30. The Balaban J connectivity index is 2.07. The molecule has 25 heavy (non-hydrogen) atoms. The van der Waals surface area contributed by atoms with Gasteiger partial charge in [0.2, 0.25) is 5.91 Å². The van der Waals surface area contributed by atoms with Gasteiger partial charge >= 0.3 is 0 Å². The van der Waals surface area contributed by atoms with Crippen LogP contribution in [0.5, 0.6) is 0 Å². The van der Waals surface area contributed by atoms with Crippen molar-refractivity contribution < 1.29 is 13.9 Å². The summed E-state index contributed by atoms with van der Waals surface area (Å²) in [4.78, 5) is 16.4. The van der Waals surface area contributed by atoms with Crippen LogP contribution in [-0.4, -0.2) is 54.5 Å². The second-order valence-electron chi connectivity index (χ2n) is 6.92. The predicted octanol–water partition coefficient (Wildman–Crippen LogP) is 2.63. The largest absolute Gasteiger partial charge is 0.369 e. The summed E-state index contributed by atoms with van der Waals surface area (Å²) in [5.74, 6) is 2.17. The van der Waals surface area contributed by atoms with Gasteiger partial charge in [-0.1, -0.05) is 24.1 Å². The molecule has 1 aromatic rings. The lowest BCUT2D eigenvalue weighted by molar-refractivity contribution is -0.149. The van der Waals surface area contributed by atoms with Gasteiger partial charge in [0.15, 0.2) is 0 Å². The molecule has 2 rings (SSSR count). The summed E-state index contributed by atoms with van der Waals surface area (Å²) < 4.78 is 19.3. The number of halogens is 1. The number of carbonyl (C=O) groups is 1. The summed E-state index contributed by atoms with van der Waals surface area (Å²) in [6, 6.07) is 6.32. The lowest BCUT2D eigenvalue weighted by atomic mass is 9.98. The van der Waals surface area contributed by atoms with Gasteiger partial charge < -0.3 is 9.64 Å². The number of hydrogen-bond donors (Lipinski definition) is 0. The van der Waals surface area contributed by atoms with E-state index in [4.69, 9.17) is 11.2 Å². The molecule has 1 atom stereocenters. The van der Waals surface area contributed by atoms with Gasteiger partial charge in [-0.15, -0.1) is 6.42 Å². The van der Waals surface area contributed by atoms with Gasteiger partial charge in [0, 0.05) is 12.6 Å². The van der Waals surface area contributed by atoms with Gasteiger partial charge in [0.25, 0.3) is 0 Å². The highest BCUT2D eigenvalue weighted by atomic mass is 19.1. The second kappa shape index (κ2) is 8.28. The Bertz CT molecular complexity index is 679. The normalized spacial score (nSPS) is 20.0. The van der Waals surface area contributed by atoms with Crippen molar-refractivity contribution in [1.82, 2.24) is 9.80 Å². The van der Waals surface area contributed by atoms with Crippen LogP contribution in [-0.2, 0) is 9.53 Å². The van der Waals surface area contributed by atoms with Crippen molar-refractivity contribution >= 4 is 5.91 Å². The van der Waals surface area contributed by atoms with Gasteiger partial charge in [-0.3, -0.25) is 9.69 Å². The zero-order valence-corrected chi connectivity index (χ0v) is 15.0. The fourth-order valence-electron chi connectivity index (χ4n) is 2.79. The van der Waals surface area contributed by atoms with Crippen LogP contribution in [0, 0.1) is 18.2 Å². The molecule has 1 fully saturated rings. The van der Waals surface area contributed by atoms with Crippen molar-refractivity contribution in [3.63, 3.8) is 0 Å². The van der Waals surface area contributed by atoms with E-state index in [9.17, 15) is 9.18 Å². The molecular formula is C20H25FN2O2. The zero-order valence-electron chi connectivity index (χ0n) is 15.0. The molecular weight excluding hydrogens is 319 g/mol. The molecule has 1 aromatic carbocycles. The van der Waals surface area contributed by atoms with Crippen molar-refractivity contribution in [3.8, 4) is 12.3 Å². The Morgan fingerprint density at radius 3 is 3.00 bits per heavy atom. The van der Waals surface area contributed by atoms with Crippen LogP contribution < -0.4 is 0 Å². The van der Waals surface area contributed by atoms with Gasteiger partial charge in [-0.25, -0.2) is 4.39 Å². The van der Waals surface area contributed by atoms with Crippen LogP contribution in [0.2, 0.25) is 0 Å². The van der Waals surface area contributed by atoms with Crippen LogP contribution in [0.25, 0.3) is 0 Å². The molecule has 1 aliphatic heterocycles.